The Kier molecular flexibility index (Phi) is 3.19. The number of ether oxygens (including phenoxy) is 2. The maximum Gasteiger partial charge on any atom is 0.306 e. The Balaban J connectivity index is 1.71. The van der Waals surface area contributed by atoms with Gasteiger partial charge in [0.1, 0.15) is 11.5 Å². The van der Waals surface area contributed by atoms with Crippen molar-refractivity contribution in [3.63, 3.8) is 0 Å². The van der Waals surface area contributed by atoms with Gasteiger partial charge >= 0.3 is 5.97 Å². The lowest BCUT2D eigenvalue weighted by Gasteiger charge is -2.09. The van der Waals surface area contributed by atoms with Crippen LogP contribution in [0.3, 0.4) is 0 Å². The fourth-order valence-electron chi connectivity index (χ4n) is 2.16. The van der Waals surface area contributed by atoms with Crippen LogP contribution in [0, 0.1) is 0 Å². The van der Waals surface area contributed by atoms with E-state index in [1.807, 2.05) is 54.6 Å². The van der Waals surface area contributed by atoms with Gasteiger partial charge in [0.05, 0.1) is 13.0 Å². The SMILES string of the molecule is O=C1CC(c2ccc(Oc3ccccc3)cc2)CO1. The molecule has 3 rings (SSSR count). The smallest absolute Gasteiger partial charge is 0.306 e. The van der Waals surface area contributed by atoms with Gasteiger partial charge in [0.25, 0.3) is 0 Å². The first-order valence-electron chi connectivity index (χ1n) is 6.30. The summed E-state index contributed by atoms with van der Waals surface area (Å²) < 4.78 is 10.7. The van der Waals surface area contributed by atoms with Gasteiger partial charge in [0.15, 0.2) is 0 Å². The molecule has 96 valence electrons. The van der Waals surface area contributed by atoms with E-state index in [4.69, 9.17) is 9.47 Å². The molecular formula is C16H14O3. The predicted molar refractivity (Wildman–Crippen MR) is 71.3 cm³/mol. The summed E-state index contributed by atoms with van der Waals surface area (Å²) in [5.74, 6) is 1.67. The maximum absolute atomic E-state index is 11.1. The van der Waals surface area contributed by atoms with Crippen molar-refractivity contribution >= 4 is 5.97 Å². The summed E-state index contributed by atoms with van der Waals surface area (Å²) >= 11 is 0. The zero-order valence-corrected chi connectivity index (χ0v) is 10.4. The van der Waals surface area contributed by atoms with E-state index in [1.54, 1.807) is 0 Å². The Labute approximate surface area is 111 Å². The van der Waals surface area contributed by atoms with E-state index in [9.17, 15) is 4.79 Å². The van der Waals surface area contributed by atoms with Crippen LogP contribution in [-0.4, -0.2) is 12.6 Å². The van der Waals surface area contributed by atoms with E-state index in [-0.39, 0.29) is 11.9 Å². The number of benzene rings is 2. The number of carbonyl (C=O) groups is 1. The van der Waals surface area contributed by atoms with Crippen molar-refractivity contribution in [3.8, 4) is 11.5 Å². The highest BCUT2D eigenvalue weighted by atomic mass is 16.5. The minimum absolute atomic E-state index is 0.116. The van der Waals surface area contributed by atoms with Crippen molar-refractivity contribution in [2.24, 2.45) is 0 Å². The molecule has 1 atom stereocenters. The van der Waals surface area contributed by atoms with E-state index < -0.39 is 0 Å². The Morgan fingerprint density at radius 2 is 1.63 bits per heavy atom. The number of carbonyl (C=O) groups excluding carboxylic acids is 1. The molecule has 0 spiro atoms. The molecule has 3 heteroatoms. The Morgan fingerprint density at radius 1 is 0.947 bits per heavy atom. The van der Waals surface area contributed by atoms with Crippen molar-refractivity contribution in [2.75, 3.05) is 6.61 Å². The average molecular weight is 254 g/mol. The molecule has 1 fully saturated rings. The van der Waals surface area contributed by atoms with Crippen molar-refractivity contribution in [1.82, 2.24) is 0 Å². The molecule has 1 heterocycles. The van der Waals surface area contributed by atoms with Crippen LogP contribution < -0.4 is 4.74 Å². The lowest BCUT2D eigenvalue weighted by Crippen LogP contribution is -1.97. The van der Waals surface area contributed by atoms with Gasteiger partial charge in [-0.05, 0) is 29.8 Å². The number of hydrogen-bond acceptors (Lipinski definition) is 3. The van der Waals surface area contributed by atoms with E-state index in [1.165, 1.54) is 0 Å². The monoisotopic (exact) mass is 254 g/mol. The molecule has 1 saturated heterocycles. The van der Waals surface area contributed by atoms with E-state index >= 15 is 0 Å². The Hall–Kier alpha value is -2.29. The van der Waals surface area contributed by atoms with Gasteiger partial charge in [-0.15, -0.1) is 0 Å². The third kappa shape index (κ3) is 2.76. The first-order chi connectivity index (χ1) is 9.31. The quantitative estimate of drug-likeness (QED) is 0.786. The molecule has 1 aliphatic rings. The van der Waals surface area contributed by atoms with Gasteiger partial charge in [-0.1, -0.05) is 30.3 Å². The van der Waals surface area contributed by atoms with Gasteiger partial charge in [-0.2, -0.15) is 0 Å². The van der Waals surface area contributed by atoms with Gasteiger partial charge in [-0.25, -0.2) is 0 Å². The van der Waals surface area contributed by atoms with Crippen LogP contribution in [-0.2, 0) is 9.53 Å². The van der Waals surface area contributed by atoms with Crippen LogP contribution in [0.1, 0.15) is 17.9 Å². The largest absolute Gasteiger partial charge is 0.465 e. The van der Waals surface area contributed by atoms with E-state index in [0.29, 0.717) is 13.0 Å². The summed E-state index contributed by atoms with van der Waals surface area (Å²) in [5.41, 5.74) is 1.12. The molecule has 0 radical (unpaired) electrons. The second-order valence-corrected chi connectivity index (χ2v) is 4.57. The zero-order chi connectivity index (χ0) is 13.1. The predicted octanol–water partition coefficient (Wildman–Crippen LogP) is 3.51. The molecule has 0 aliphatic carbocycles. The molecule has 1 unspecified atom stereocenters. The van der Waals surface area contributed by atoms with Crippen molar-refractivity contribution in [1.29, 1.82) is 0 Å². The normalized spacial score (nSPS) is 18.1. The minimum Gasteiger partial charge on any atom is -0.465 e. The lowest BCUT2D eigenvalue weighted by atomic mass is 9.98. The summed E-state index contributed by atoms with van der Waals surface area (Å²) in [5, 5.41) is 0. The average Bonchev–Trinajstić information content (AvgIpc) is 2.87. The molecule has 19 heavy (non-hydrogen) atoms. The molecule has 0 aromatic heterocycles. The highest BCUT2D eigenvalue weighted by molar-refractivity contribution is 5.72. The van der Waals surface area contributed by atoms with Crippen molar-refractivity contribution < 1.29 is 14.3 Å². The summed E-state index contributed by atoms with van der Waals surface area (Å²) in [6.45, 7) is 0.484. The molecule has 0 N–H and O–H groups in total. The maximum atomic E-state index is 11.1. The van der Waals surface area contributed by atoms with Crippen molar-refractivity contribution in [2.45, 2.75) is 12.3 Å². The summed E-state index contributed by atoms with van der Waals surface area (Å²) in [4.78, 5) is 11.1. The highest BCUT2D eigenvalue weighted by Crippen LogP contribution is 2.28. The van der Waals surface area contributed by atoms with Gasteiger partial charge in [0.2, 0.25) is 0 Å². The first kappa shape index (κ1) is 11.8. The second kappa shape index (κ2) is 5.14. The lowest BCUT2D eigenvalue weighted by molar-refractivity contribution is -0.137. The number of rotatable bonds is 3. The Bertz CT molecular complexity index is 560. The number of hydrogen-bond donors (Lipinski definition) is 0. The molecule has 0 amide bonds. The Morgan fingerprint density at radius 3 is 2.26 bits per heavy atom. The fourth-order valence-corrected chi connectivity index (χ4v) is 2.16. The van der Waals surface area contributed by atoms with Crippen LogP contribution >= 0.6 is 0 Å². The fraction of sp³-hybridized carbons (Fsp3) is 0.188. The molecule has 1 aliphatic heterocycles. The van der Waals surface area contributed by atoms with Crippen molar-refractivity contribution in [3.05, 3.63) is 60.2 Å². The van der Waals surface area contributed by atoms with Crippen LogP contribution in [0.5, 0.6) is 11.5 Å². The third-order valence-corrected chi connectivity index (χ3v) is 3.19. The summed E-state index contributed by atoms with van der Waals surface area (Å²) in [6, 6.07) is 17.5. The van der Waals surface area contributed by atoms with E-state index in [2.05, 4.69) is 0 Å². The minimum atomic E-state index is -0.116. The summed E-state index contributed by atoms with van der Waals surface area (Å²) in [6.07, 6.45) is 0.471. The van der Waals surface area contributed by atoms with Crippen LogP contribution in [0.15, 0.2) is 54.6 Å². The molecule has 2 aromatic carbocycles. The van der Waals surface area contributed by atoms with Gasteiger partial charge in [-0.3, -0.25) is 4.79 Å². The topological polar surface area (TPSA) is 35.5 Å². The highest BCUT2D eigenvalue weighted by Gasteiger charge is 2.24. The molecule has 0 bridgehead atoms. The second-order valence-electron chi connectivity index (χ2n) is 4.57. The molecule has 0 saturated carbocycles. The van der Waals surface area contributed by atoms with Crippen LogP contribution in [0.25, 0.3) is 0 Å². The van der Waals surface area contributed by atoms with Gasteiger partial charge in [0, 0.05) is 5.92 Å². The molecule has 3 nitrogen and oxygen atoms in total. The molecular weight excluding hydrogens is 240 g/mol. The first-order valence-corrected chi connectivity index (χ1v) is 6.30. The van der Waals surface area contributed by atoms with E-state index in [0.717, 1.165) is 17.1 Å². The van der Waals surface area contributed by atoms with Crippen LogP contribution in [0.2, 0.25) is 0 Å². The zero-order valence-electron chi connectivity index (χ0n) is 10.4. The van der Waals surface area contributed by atoms with Crippen LogP contribution in [0.4, 0.5) is 0 Å². The molecule has 2 aromatic rings. The van der Waals surface area contributed by atoms with Gasteiger partial charge < -0.3 is 9.47 Å². The number of esters is 1. The number of cyclic esters (lactones) is 1. The number of para-hydroxylation sites is 1. The standard InChI is InChI=1S/C16H14O3/c17-16-10-13(11-18-16)12-6-8-15(9-7-12)19-14-4-2-1-3-5-14/h1-9,13H,10-11H2. The third-order valence-electron chi connectivity index (χ3n) is 3.19. The summed E-state index contributed by atoms with van der Waals surface area (Å²) in [7, 11) is 0.